The van der Waals surface area contributed by atoms with E-state index >= 15 is 0 Å². The average molecular weight is 193 g/mol. The summed E-state index contributed by atoms with van der Waals surface area (Å²) in [5.41, 5.74) is 0.941. The van der Waals surface area contributed by atoms with Crippen LogP contribution in [0.1, 0.15) is 25.6 Å². The standard InChI is InChI=1S/C11H15NO2/c1-11(2)7-12-10(14-11)8-3-5-9(13)6-4-8/h3-6,10,12-13H,7H2,1-2H3. The first kappa shape index (κ1) is 9.49. The second kappa shape index (κ2) is 3.26. The van der Waals surface area contributed by atoms with E-state index < -0.39 is 0 Å². The number of benzene rings is 1. The summed E-state index contributed by atoms with van der Waals surface area (Å²) in [4.78, 5) is 0. The molecule has 1 saturated heterocycles. The fraction of sp³-hybridized carbons (Fsp3) is 0.455. The minimum Gasteiger partial charge on any atom is -0.508 e. The Morgan fingerprint density at radius 3 is 2.50 bits per heavy atom. The van der Waals surface area contributed by atoms with Crippen LogP contribution < -0.4 is 5.32 Å². The maximum Gasteiger partial charge on any atom is 0.135 e. The highest BCUT2D eigenvalue weighted by atomic mass is 16.5. The summed E-state index contributed by atoms with van der Waals surface area (Å²) in [6.07, 6.45) is -0.0504. The lowest BCUT2D eigenvalue weighted by Gasteiger charge is -2.17. The summed E-state index contributed by atoms with van der Waals surface area (Å²) in [5.74, 6) is 0.283. The normalized spacial score (nSPS) is 25.1. The van der Waals surface area contributed by atoms with Crippen LogP contribution in [0.25, 0.3) is 0 Å². The molecule has 3 nitrogen and oxygen atoms in total. The van der Waals surface area contributed by atoms with Gasteiger partial charge >= 0.3 is 0 Å². The molecular formula is C11H15NO2. The third kappa shape index (κ3) is 1.89. The van der Waals surface area contributed by atoms with Crippen LogP contribution in [0.3, 0.4) is 0 Å². The maximum absolute atomic E-state index is 9.14. The van der Waals surface area contributed by atoms with E-state index in [1.165, 1.54) is 0 Å². The van der Waals surface area contributed by atoms with Gasteiger partial charge in [-0.3, -0.25) is 5.32 Å². The monoisotopic (exact) mass is 193 g/mol. The van der Waals surface area contributed by atoms with Crippen LogP contribution in [-0.2, 0) is 4.74 Å². The molecule has 2 rings (SSSR count). The fourth-order valence-electron chi connectivity index (χ4n) is 1.58. The molecule has 1 aromatic rings. The highest BCUT2D eigenvalue weighted by molar-refractivity contribution is 5.27. The van der Waals surface area contributed by atoms with E-state index in [1.54, 1.807) is 12.1 Å². The van der Waals surface area contributed by atoms with Crippen molar-refractivity contribution >= 4 is 0 Å². The van der Waals surface area contributed by atoms with Gasteiger partial charge in [0.25, 0.3) is 0 Å². The molecular weight excluding hydrogens is 178 g/mol. The summed E-state index contributed by atoms with van der Waals surface area (Å²) in [5, 5.41) is 12.4. The minimum absolute atomic E-state index is 0.0504. The molecule has 3 heteroatoms. The Bertz CT molecular complexity index is 319. The predicted octanol–water partition coefficient (Wildman–Crippen LogP) is 1.79. The lowest BCUT2D eigenvalue weighted by Crippen LogP contribution is -2.23. The largest absolute Gasteiger partial charge is 0.508 e. The molecule has 1 atom stereocenters. The van der Waals surface area contributed by atoms with Crippen molar-refractivity contribution in [2.45, 2.75) is 25.7 Å². The van der Waals surface area contributed by atoms with Gasteiger partial charge in [-0.05, 0) is 31.5 Å². The van der Waals surface area contributed by atoms with E-state index in [4.69, 9.17) is 9.84 Å². The summed E-state index contributed by atoms with van der Waals surface area (Å²) in [7, 11) is 0. The maximum atomic E-state index is 9.14. The molecule has 1 aliphatic rings. The van der Waals surface area contributed by atoms with E-state index in [1.807, 2.05) is 12.1 Å². The molecule has 0 aliphatic carbocycles. The number of hydrogen-bond donors (Lipinski definition) is 2. The van der Waals surface area contributed by atoms with Crippen LogP contribution in [0.5, 0.6) is 5.75 Å². The number of aromatic hydroxyl groups is 1. The van der Waals surface area contributed by atoms with Gasteiger partial charge in [0.05, 0.1) is 5.60 Å². The summed E-state index contributed by atoms with van der Waals surface area (Å²) in [6.45, 7) is 4.96. The Morgan fingerprint density at radius 2 is 2.00 bits per heavy atom. The summed E-state index contributed by atoms with van der Waals surface area (Å²) >= 11 is 0. The van der Waals surface area contributed by atoms with Crippen LogP contribution >= 0.6 is 0 Å². The highest BCUT2D eigenvalue weighted by Crippen LogP contribution is 2.28. The van der Waals surface area contributed by atoms with Crippen LogP contribution in [0, 0.1) is 0 Å². The van der Waals surface area contributed by atoms with Crippen molar-refractivity contribution in [3.8, 4) is 5.75 Å². The van der Waals surface area contributed by atoms with Crippen molar-refractivity contribution in [2.75, 3.05) is 6.54 Å². The molecule has 0 spiro atoms. The van der Waals surface area contributed by atoms with Crippen molar-refractivity contribution < 1.29 is 9.84 Å². The van der Waals surface area contributed by atoms with Gasteiger partial charge in [-0.2, -0.15) is 0 Å². The van der Waals surface area contributed by atoms with E-state index in [0.717, 1.165) is 12.1 Å². The molecule has 0 aromatic heterocycles. The number of nitrogens with one attached hydrogen (secondary N) is 1. The predicted molar refractivity (Wildman–Crippen MR) is 54.0 cm³/mol. The smallest absolute Gasteiger partial charge is 0.135 e. The van der Waals surface area contributed by atoms with Gasteiger partial charge in [0, 0.05) is 6.54 Å². The van der Waals surface area contributed by atoms with Gasteiger partial charge in [-0.1, -0.05) is 12.1 Å². The molecule has 1 fully saturated rings. The fourth-order valence-corrected chi connectivity index (χ4v) is 1.58. The van der Waals surface area contributed by atoms with Crippen LogP contribution in [0.4, 0.5) is 0 Å². The van der Waals surface area contributed by atoms with Crippen LogP contribution in [0.2, 0.25) is 0 Å². The van der Waals surface area contributed by atoms with Crippen LogP contribution in [0.15, 0.2) is 24.3 Å². The third-order valence-corrected chi connectivity index (χ3v) is 2.35. The molecule has 2 N–H and O–H groups in total. The number of phenolic OH excluding ortho intramolecular Hbond substituents is 1. The molecule has 0 amide bonds. The number of phenols is 1. The minimum atomic E-state index is -0.109. The lowest BCUT2D eigenvalue weighted by molar-refractivity contribution is -0.0156. The zero-order valence-electron chi connectivity index (χ0n) is 8.45. The Balaban J connectivity index is 2.14. The van der Waals surface area contributed by atoms with Crippen molar-refractivity contribution in [3.63, 3.8) is 0 Å². The quantitative estimate of drug-likeness (QED) is 0.714. The van der Waals surface area contributed by atoms with Gasteiger partial charge in [0.15, 0.2) is 0 Å². The van der Waals surface area contributed by atoms with Crippen molar-refractivity contribution in [1.29, 1.82) is 0 Å². The lowest BCUT2D eigenvalue weighted by atomic mass is 10.1. The van der Waals surface area contributed by atoms with Crippen LogP contribution in [-0.4, -0.2) is 17.3 Å². The molecule has 76 valence electrons. The zero-order chi connectivity index (χ0) is 10.2. The number of ether oxygens (including phenoxy) is 1. The highest BCUT2D eigenvalue weighted by Gasteiger charge is 2.31. The van der Waals surface area contributed by atoms with E-state index in [2.05, 4.69) is 19.2 Å². The average Bonchev–Trinajstić information content (AvgIpc) is 2.47. The molecule has 1 unspecified atom stereocenters. The van der Waals surface area contributed by atoms with Gasteiger partial charge in [-0.15, -0.1) is 0 Å². The van der Waals surface area contributed by atoms with Gasteiger partial charge < -0.3 is 9.84 Å². The molecule has 1 aromatic carbocycles. The molecule has 0 saturated carbocycles. The molecule has 1 aliphatic heterocycles. The van der Waals surface area contributed by atoms with Crippen molar-refractivity contribution in [1.82, 2.24) is 5.32 Å². The first-order chi connectivity index (χ1) is 6.57. The Labute approximate surface area is 83.7 Å². The molecule has 1 heterocycles. The zero-order valence-corrected chi connectivity index (χ0v) is 8.45. The van der Waals surface area contributed by atoms with Crippen molar-refractivity contribution in [2.24, 2.45) is 0 Å². The molecule has 0 radical (unpaired) electrons. The molecule has 0 bridgehead atoms. The summed E-state index contributed by atoms with van der Waals surface area (Å²) in [6, 6.07) is 7.08. The molecule has 14 heavy (non-hydrogen) atoms. The first-order valence-electron chi connectivity index (χ1n) is 4.77. The number of hydrogen-bond acceptors (Lipinski definition) is 3. The third-order valence-electron chi connectivity index (χ3n) is 2.35. The number of rotatable bonds is 1. The Morgan fingerprint density at radius 1 is 1.36 bits per heavy atom. The van der Waals surface area contributed by atoms with Gasteiger partial charge in [0.1, 0.15) is 12.0 Å². The SMILES string of the molecule is CC1(C)CNC(c2ccc(O)cc2)O1. The Kier molecular flexibility index (Phi) is 2.21. The van der Waals surface area contributed by atoms with E-state index in [-0.39, 0.29) is 17.6 Å². The van der Waals surface area contributed by atoms with E-state index in [9.17, 15) is 0 Å². The summed E-state index contributed by atoms with van der Waals surface area (Å²) < 4.78 is 5.78. The second-order valence-corrected chi connectivity index (χ2v) is 4.23. The topological polar surface area (TPSA) is 41.5 Å². The van der Waals surface area contributed by atoms with Gasteiger partial charge in [-0.25, -0.2) is 0 Å². The Hall–Kier alpha value is -1.06. The van der Waals surface area contributed by atoms with Crippen molar-refractivity contribution in [3.05, 3.63) is 29.8 Å². The second-order valence-electron chi connectivity index (χ2n) is 4.23. The van der Waals surface area contributed by atoms with E-state index in [0.29, 0.717) is 0 Å². The first-order valence-corrected chi connectivity index (χ1v) is 4.77. The van der Waals surface area contributed by atoms with Gasteiger partial charge in [0.2, 0.25) is 0 Å².